The lowest BCUT2D eigenvalue weighted by molar-refractivity contribution is -0.123. The highest BCUT2D eigenvalue weighted by Gasteiger charge is 2.16. The van der Waals surface area contributed by atoms with Crippen LogP contribution in [0.3, 0.4) is 0 Å². The first-order valence-electron chi connectivity index (χ1n) is 8.76. The lowest BCUT2D eigenvalue weighted by Gasteiger charge is -2.11. The van der Waals surface area contributed by atoms with E-state index in [0.717, 1.165) is 19.3 Å². The molecule has 0 spiro atoms. The molecule has 0 bridgehead atoms. The normalized spacial score (nSPS) is 13.1. The molecule has 0 fully saturated rings. The fraction of sp³-hybridized carbons (Fsp3) is 0.316. The van der Waals surface area contributed by atoms with Gasteiger partial charge in [0.2, 0.25) is 0 Å². The van der Waals surface area contributed by atoms with Crippen molar-refractivity contribution >= 4 is 15.9 Å². The minimum Gasteiger partial charge on any atom is -0.494 e. The summed E-state index contributed by atoms with van der Waals surface area (Å²) >= 11 is 0. The first-order chi connectivity index (χ1) is 13.0. The van der Waals surface area contributed by atoms with Crippen LogP contribution in [0.15, 0.2) is 47.4 Å². The maximum Gasteiger partial charge on any atom is 0.272 e. The van der Waals surface area contributed by atoms with Crippen LogP contribution in [0.5, 0.6) is 11.5 Å². The van der Waals surface area contributed by atoms with Crippen LogP contribution < -0.4 is 19.7 Å². The molecule has 8 heteroatoms. The molecule has 1 aliphatic carbocycles. The smallest absolute Gasteiger partial charge is 0.272 e. The average Bonchev–Trinajstić information content (AvgIpc) is 3.13. The Hall–Kier alpha value is -2.58. The molecule has 7 nitrogen and oxygen atoms in total. The molecule has 1 amide bonds. The Balaban J connectivity index is 1.50. The van der Waals surface area contributed by atoms with E-state index in [0.29, 0.717) is 18.1 Å². The molecule has 2 N–H and O–H groups in total. The van der Waals surface area contributed by atoms with Crippen LogP contribution in [0.4, 0.5) is 0 Å². The summed E-state index contributed by atoms with van der Waals surface area (Å²) in [6.45, 7) is 2.04. The van der Waals surface area contributed by atoms with Crippen LogP contribution in [0.25, 0.3) is 0 Å². The second-order valence-corrected chi connectivity index (χ2v) is 7.81. The fourth-order valence-corrected chi connectivity index (χ4v) is 3.75. The number of nitrogens with one attached hydrogen (secondary N) is 2. The number of ether oxygens (including phenoxy) is 2. The number of carbonyl (C=O) groups is 1. The summed E-state index contributed by atoms with van der Waals surface area (Å²) in [6, 6.07) is 11.7. The van der Waals surface area contributed by atoms with Gasteiger partial charge in [-0.25, -0.2) is 8.42 Å². The van der Waals surface area contributed by atoms with Crippen molar-refractivity contribution in [1.82, 2.24) is 10.3 Å². The molecule has 0 unspecified atom stereocenters. The van der Waals surface area contributed by atoms with E-state index in [-0.39, 0.29) is 11.5 Å². The van der Waals surface area contributed by atoms with Gasteiger partial charge < -0.3 is 9.47 Å². The van der Waals surface area contributed by atoms with Gasteiger partial charge in [0.05, 0.1) is 11.5 Å². The molecule has 2 aromatic rings. The zero-order chi connectivity index (χ0) is 19.3. The molecule has 1 aliphatic rings. The van der Waals surface area contributed by atoms with Crippen molar-refractivity contribution in [3.63, 3.8) is 0 Å². The van der Waals surface area contributed by atoms with Gasteiger partial charge in [-0.1, -0.05) is 6.07 Å². The Labute approximate surface area is 158 Å². The molecule has 0 atom stereocenters. The molecule has 0 aromatic heterocycles. The zero-order valence-electron chi connectivity index (χ0n) is 15.0. The Morgan fingerprint density at radius 2 is 1.70 bits per heavy atom. The van der Waals surface area contributed by atoms with E-state index in [1.54, 1.807) is 12.1 Å². The van der Waals surface area contributed by atoms with Gasteiger partial charge in [0, 0.05) is 0 Å². The molecule has 27 heavy (non-hydrogen) atoms. The quantitative estimate of drug-likeness (QED) is 0.672. The summed E-state index contributed by atoms with van der Waals surface area (Å²) in [5.74, 6) is 0.577. The van der Waals surface area contributed by atoms with Crippen molar-refractivity contribution in [3.8, 4) is 11.5 Å². The fourth-order valence-electron chi connectivity index (χ4n) is 2.89. The SMILES string of the molecule is CCOc1ccc(S(=O)(=O)NNC(=O)COc2ccc3c(c2)CCC3)cc1. The topological polar surface area (TPSA) is 93.7 Å². The lowest BCUT2D eigenvalue weighted by Crippen LogP contribution is -2.43. The van der Waals surface area contributed by atoms with Crippen molar-refractivity contribution in [2.45, 2.75) is 31.1 Å². The van der Waals surface area contributed by atoms with Crippen molar-refractivity contribution in [3.05, 3.63) is 53.6 Å². The van der Waals surface area contributed by atoms with E-state index in [2.05, 4.69) is 10.3 Å². The van der Waals surface area contributed by atoms with Gasteiger partial charge in [-0.15, -0.1) is 4.83 Å². The number of rotatable bonds is 8. The predicted octanol–water partition coefficient (Wildman–Crippen LogP) is 1.96. The molecule has 144 valence electrons. The lowest BCUT2D eigenvalue weighted by atomic mass is 10.1. The van der Waals surface area contributed by atoms with Crippen molar-refractivity contribution in [1.29, 1.82) is 0 Å². The van der Waals surface area contributed by atoms with Crippen molar-refractivity contribution in [2.24, 2.45) is 0 Å². The van der Waals surface area contributed by atoms with Gasteiger partial charge in [0.25, 0.3) is 15.9 Å². The molecule has 0 saturated heterocycles. The number of fused-ring (bicyclic) bond motifs is 1. The summed E-state index contributed by atoms with van der Waals surface area (Å²) in [5, 5.41) is 0. The van der Waals surface area contributed by atoms with Crippen molar-refractivity contribution < 1.29 is 22.7 Å². The van der Waals surface area contributed by atoms with Crippen LogP contribution in [-0.4, -0.2) is 27.5 Å². The van der Waals surface area contributed by atoms with E-state index in [1.807, 2.05) is 25.1 Å². The maximum absolute atomic E-state index is 12.2. The first-order valence-corrected chi connectivity index (χ1v) is 10.2. The molecule has 0 heterocycles. The van der Waals surface area contributed by atoms with E-state index in [1.165, 1.54) is 23.3 Å². The Kier molecular flexibility index (Phi) is 5.98. The number of benzene rings is 2. The van der Waals surface area contributed by atoms with Crippen LogP contribution in [0.2, 0.25) is 0 Å². The van der Waals surface area contributed by atoms with E-state index >= 15 is 0 Å². The summed E-state index contributed by atoms with van der Waals surface area (Å²) in [7, 11) is -3.87. The second kappa shape index (κ2) is 8.41. The maximum atomic E-state index is 12.2. The van der Waals surface area contributed by atoms with Gasteiger partial charge in [0.15, 0.2) is 6.61 Å². The van der Waals surface area contributed by atoms with Gasteiger partial charge in [-0.05, 0) is 73.7 Å². The van der Waals surface area contributed by atoms with Crippen LogP contribution in [0.1, 0.15) is 24.5 Å². The monoisotopic (exact) mass is 390 g/mol. The Morgan fingerprint density at radius 1 is 1.00 bits per heavy atom. The van der Waals surface area contributed by atoms with Gasteiger partial charge in [-0.3, -0.25) is 10.2 Å². The highest BCUT2D eigenvalue weighted by molar-refractivity contribution is 7.89. The standard InChI is InChI=1S/C19H22N2O5S/c1-2-25-16-8-10-18(11-9-16)27(23,24)21-20-19(22)13-26-17-7-6-14-4-3-5-15(14)12-17/h6-12,21H,2-5,13H2,1H3,(H,20,22). The Morgan fingerprint density at radius 3 is 2.44 bits per heavy atom. The molecule has 2 aromatic carbocycles. The molecule has 0 radical (unpaired) electrons. The molecule has 3 rings (SSSR count). The third-order valence-electron chi connectivity index (χ3n) is 4.21. The first kappa shape index (κ1) is 19.2. The number of hydrogen-bond donors (Lipinski definition) is 2. The van der Waals surface area contributed by atoms with E-state index in [4.69, 9.17) is 9.47 Å². The largest absolute Gasteiger partial charge is 0.494 e. The number of aryl methyl sites for hydroxylation is 2. The van der Waals surface area contributed by atoms with Crippen LogP contribution in [0, 0.1) is 0 Å². The summed E-state index contributed by atoms with van der Waals surface area (Å²) in [6.07, 6.45) is 3.22. The number of hydrazine groups is 1. The second-order valence-electron chi connectivity index (χ2n) is 6.13. The van der Waals surface area contributed by atoms with Crippen molar-refractivity contribution in [2.75, 3.05) is 13.2 Å². The van der Waals surface area contributed by atoms with E-state index < -0.39 is 15.9 Å². The molecule has 0 aliphatic heterocycles. The summed E-state index contributed by atoms with van der Waals surface area (Å²) < 4.78 is 35.1. The highest BCUT2D eigenvalue weighted by atomic mass is 32.2. The van der Waals surface area contributed by atoms with Gasteiger partial charge >= 0.3 is 0 Å². The molecule has 0 saturated carbocycles. The summed E-state index contributed by atoms with van der Waals surface area (Å²) in [5.41, 5.74) is 4.71. The predicted molar refractivity (Wildman–Crippen MR) is 100 cm³/mol. The Bertz CT molecular complexity index is 910. The van der Waals surface area contributed by atoms with Crippen LogP contribution in [-0.2, 0) is 27.7 Å². The van der Waals surface area contributed by atoms with Gasteiger partial charge in [-0.2, -0.15) is 0 Å². The van der Waals surface area contributed by atoms with Gasteiger partial charge in [0.1, 0.15) is 11.5 Å². The molecular formula is C19H22N2O5S. The third kappa shape index (κ3) is 4.99. The third-order valence-corrected chi connectivity index (χ3v) is 5.47. The number of amides is 1. The minimum atomic E-state index is -3.87. The zero-order valence-corrected chi connectivity index (χ0v) is 15.8. The van der Waals surface area contributed by atoms with Crippen LogP contribution >= 0.6 is 0 Å². The average molecular weight is 390 g/mol. The highest BCUT2D eigenvalue weighted by Crippen LogP contribution is 2.25. The number of carbonyl (C=O) groups excluding carboxylic acids is 1. The van der Waals surface area contributed by atoms with E-state index in [9.17, 15) is 13.2 Å². The molecular weight excluding hydrogens is 368 g/mol. The number of sulfonamides is 1. The number of hydrogen-bond acceptors (Lipinski definition) is 5. The minimum absolute atomic E-state index is 0.0193. The summed E-state index contributed by atoms with van der Waals surface area (Å²) in [4.78, 5) is 14.0.